The van der Waals surface area contributed by atoms with E-state index < -0.39 is 45.1 Å². The molecule has 0 aromatic rings. The Kier molecular flexibility index (Phi) is 44.5. The molecule has 0 bridgehead atoms. The highest BCUT2D eigenvalue weighted by atomic mass is 31.2. The van der Waals surface area contributed by atoms with E-state index in [1.165, 1.54) is 103 Å². The number of aliphatic carboxylic acids is 1. The molecule has 0 rings (SSSR count). The Morgan fingerprint density at radius 1 is 0.532 bits per heavy atom. The minimum absolute atomic E-state index is 0.0244. The molecule has 0 aliphatic heterocycles. The van der Waals surface area contributed by atoms with Crippen molar-refractivity contribution in [1.29, 1.82) is 0 Å². The first-order chi connectivity index (χ1) is 30.2. The van der Waals surface area contributed by atoms with Crippen LogP contribution in [-0.2, 0) is 32.7 Å². The van der Waals surface area contributed by atoms with Gasteiger partial charge in [0.2, 0.25) is 0 Å². The number of hydrogen-bond donors (Lipinski definition) is 3. The second-order valence-corrected chi connectivity index (χ2v) is 17.7. The number of nitrogens with two attached hydrogens (primary N) is 1. The van der Waals surface area contributed by atoms with Gasteiger partial charge in [0.05, 0.1) is 19.8 Å². The summed E-state index contributed by atoms with van der Waals surface area (Å²) in [5, 5.41) is 8.92. The Morgan fingerprint density at radius 3 is 1.34 bits per heavy atom. The summed E-state index contributed by atoms with van der Waals surface area (Å²) in [7, 11) is -4.64. The van der Waals surface area contributed by atoms with Crippen LogP contribution in [0.3, 0.4) is 0 Å². The molecule has 0 amide bonds. The predicted octanol–water partition coefficient (Wildman–Crippen LogP) is 14.2. The number of phosphoric ester groups is 1. The SMILES string of the molecule is CC/C=C\C/C=C\C/C=C\C/C=C\C/C=C\C/C=C\CCCOCC(COP(=O)(O)OCC(N)C(=O)O)OC(=O)CCCCCCCCCCCCCCCCCCCCCC. The molecule has 11 heteroatoms. The van der Waals surface area contributed by atoms with Crippen LogP contribution in [-0.4, -0.2) is 60.5 Å². The maximum absolute atomic E-state index is 12.7. The minimum atomic E-state index is -4.64. The van der Waals surface area contributed by atoms with Crippen molar-refractivity contribution in [3.05, 3.63) is 72.9 Å². The third kappa shape index (κ3) is 45.4. The van der Waals surface area contributed by atoms with Crippen LogP contribution in [0, 0.1) is 0 Å². The van der Waals surface area contributed by atoms with E-state index in [0.717, 1.165) is 70.6 Å². The zero-order valence-electron chi connectivity index (χ0n) is 39.2. The molecule has 0 aliphatic carbocycles. The van der Waals surface area contributed by atoms with Gasteiger partial charge in [-0.15, -0.1) is 0 Å². The number of esters is 1. The van der Waals surface area contributed by atoms with E-state index in [1.54, 1.807) is 0 Å². The molecule has 0 saturated heterocycles. The topological polar surface area (TPSA) is 155 Å². The van der Waals surface area contributed by atoms with Crippen LogP contribution in [0.25, 0.3) is 0 Å². The van der Waals surface area contributed by atoms with E-state index >= 15 is 0 Å². The third-order valence-electron chi connectivity index (χ3n) is 10.3. The van der Waals surface area contributed by atoms with Crippen LogP contribution in [0.4, 0.5) is 0 Å². The van der Waals surface area contributed by atoms with Crippen LogP contribution in [0.1, 0.15) is 200 Å². The summed E-state index contributed by atoms with van der Waals surface area (Å²) in [6, 6.07) is -1.48. The monoisotopic (exact) mass is 892 g/mol. The Balaban J connectivity index is 4.26. The van der Waals surface area contributed by atoms with E-state index in [0.29, 0.717) is 13.0 Å². The number of unbranched alkanes of at least 4 members (excludes halogenated alkanes) is 20. The van der Waals surface area contributed by atoms with Crippen molar-refractivity contribution in [2.75, 3.05) is 26.4 Å². The standard InChI is InChI=1S/C51H90NO9P/c1-3-5-7-9-11-13-15-17-19-21-23-25-27-29-31-33-35-37-39-41-43-50(53)61-48(46-59-62(56,57)60-47-49(52)51(54)55)45-58-44-42-40-38-36-34-32-30-28-26-24-22-20-18-16-14-12-10-8-6-4-2/h6,8,12,14,18,20,24,26,30,32,36,38,48-49H,3-5,7,9-11,13,15-17,19,21-23,25,27-29,31,33-35,37,39-47,52H2,1-2H3,(H,54,55)(H,56,57)/b8-6-,14-12-,20-18-,26-24-,32-30-,38-36-. The van der Waals surface area contributed by atoms with E-state index in [2.05, 4.69) is 86.8 Å². The molecule has 0 radical (unpaired) electrons. The number of hydrogen-bond acceptors (Lipinski definition) is 8. The predicted molar refractivity (Wildman–Crippen MR) is 258 cm³/mol. The Hall–Kier alpha value is -2.59. The molecule has 3 atom stereocenters. The van der Waals surface area contributed by atoms with Crippen molar-refractivity contribution in [2.45, 2.75) is 212 Å². The molecule has 0 spiro atoms. The number of carboxylic acids is 1. The van der Waals surface area contributed by atoms with Gasteiger partial charge in [-0.1, -0.05) is 209 Å². The molecule has 0 aromatic carbocycles. The second kappa shape index (κ2) is 46.4. The summed E-state index contributed by atoms with van der Waals surface area (Å²) in [6.45, 7) is 3.63. The normalized spacial score (nSPS) is 14.4. The number of rotatable bonds is 46. The van der Waals surface area contributed by atoms with Gasteiger partial charge in [0.15, 0.2) is 0 Å². The summed E-state index contributed by atoms with van der Waals surface area (Å²) in [5.74, 6) is -1.80. The van der Waals surface area contributed by atoms with E-state index in [1.807, 2.05) is 0 Å². The highest BCUT2D eigenvalue weighted by Crippen LogP contribution is 2.43. The number of carbonyl (C=O) groups excluding carboxylic acids is 1. The first-order valence-electron chi connectivity index (χ1n) is 24.5. The number of carbonyl (C=O) groups is 2. The molecular weight excluding hydrogens is 802 g/mol. The average molecular weight is 892 g/mol. The van der Waals surface area contributed by atoms with Crippen LogP contribution < -0.4 is 5.73 Å². The van der Waals surface area contributed by atoms with Crippen molar-refractivity contribution in [3.63, 3.8) is 0 Å². The fraction of sp³-hybridized carbons (Fsp3) is 0.725. The highest BCUT2D eigenvalue weighted by Gasteiger charge is 2.27. The van der Waals surface area contributed by atoms with Crippen LogP contribution >= 0.6 is 7.82 Å². The van der Waals surface area contributed by atoms with Crippen molar-refractivity contribution >= 4 is 19.8 Å². The number of carboxylic acid groups (broad SMARTS) is 1. The van der Waals surface area contributed by atoms with Crippen LogP contribution in [0.15, 0.2) is 72.9 Å². The summed E-state index contributed by atoms with van der Waals surface area (Å²) >= 11 is 0. The highest BCUT2D eigenvalue weighted by molar-refractivity contribution is 7.47. The maximum Gasteiger partial charge on any atom is 0.472 e. The lowest BCUT2D eigenvalue weighted by atomic mass is 10.0. The van der Waals surface area contributed by atoms with Crippen molar-refractivity contribution in [3.8, 4) is 0 Å². The summed E-state index contributed by atoms with van der Waals surface area (Å²) < 4.78 is 33.4. The van der Waals surface area contributed by atoms with Gasteiger partial charge < -0.3 is 25.2 Å². The van der Waals surface area contributed by atoms with E-state index in [-0.39, 0.29) is 13.0 Å². The van der Waals surface area contributed by atoms with Gasteiger partial charge in [-0.05, 0) is 57.8 Å². The van der Waals surface area contributed by atoms with E-state index in [4.69, 9.17) is 29.4 Å². The van der Waals surface area contributed by atoms with E-state index in [9.17, 15) is 19.0 Å². The summed E-state index contributed by atoms with van der Waals surface area (Å²) in [5.41, 5.74) is 5.36. The molecule has 4 N–H and O–H groups in total. The second-order valence-electron chi connectivity index (χ2n) is 16.2. The zero-order chi connectivity index (χ0) is 45.5. The Bertz CT molecular complexity index is 1260. The summed E-state index contributed by atoms with van der Waals surface area (Å²) in [4.78, 5) is 33.6. The summed E-state index contributed by atoms with van der Waals surface area (Å²) in [6.07, 6.45) is 58.3. The molecule has 0 fully saturated rings. The molecule has 62 heavy (non-hydrogen) atoms. The minimum Gasteiger partial charge on any atom is -0.480 e. The molecule has 10 nitrogen and oxygen atoms in total. The van der Waals surface area contributed by atoms with Crippen molar-refractivity contribution in [2.24, 2.45) is 5.73 Å². The Morgan fingerprint density at radius 2 is 0.919 bits per heavy atom. The van der Waals surface area contributed by atoms with Gasteiger partial charge in [-0.25, -0.2) is 4.57 Å². The average Bonchev–Trinajstić information content (AvgIpc) is 3.25. The molecule has 0 saturated carbocycles. The molecule has 0 aliphatic rings. The third-order valence-corrected chi connectivity index (χ3v) is 11.2. The molecular formula is C51H90NO9P. The van der Waals surface area contributed by atoms with Gasteiger partial charge in [0.25, 0.3) is 0 Å². The molecule has 0 heterocycles. The number of phosphoric acid groups is 1. The quantitative estimate of drug-likeness (QED) is 0.0233. The largest absolute Gasteiger partial charge is 0.480 e. The van der Waals surface area contributed by atoms with Crippen LogP contribution in [0.2, 0.25) is 0 Å². The molecule has 358 valence electrons. The zero-order valence-corrected chi connectivity index (χ0v) is 40.1. The lowest BCUT2D eigenvalue weighted by Gasteiger charge is -2.20. The fourth-order valence-corrected chi connectivity index (χ4v) is 7.28. The van der Waals surface area contributed by atoms with Crippen molar-refractivity contribution < 1.29 is 42.7 Å². The van der Waals surface area contributed by atoms with Gasteiger partial charge in [-0.2, -0.15) is 0 Å². The smallest absolute Gasteiger partial charge is 0.472 e. The van der Waals surface area contributed by atoms with Gasteiger partial charge in [0, 0.05) is 13.0 Å². The van der Waals surface area contributed by atoms with Crippen molar-refractivity contribution in [1.82, 2.24) is 0 Å². The lowest BCUT2D eigenvalue weighted by molar-refractivity contribution is -0.154. The van der Waals surface area contributed by atoms with Gasteiger partial charge in [-0.3, -0.25) is 18.6 Å². The van der Waals surface area contributed by atoms with Gasteiger partial charge >= 0.3 is 19.8 Å². The number of ether oxygens (including phenoxy) is 2. The van der Waals surface area contributed by atoms with Gasteiger partial charge in [0.1, 0.15) is 12.1 Å². The first-order valence-corrected chi connectivity index (χ1v) is 26.0. The van der Waals surface area contributed by atoms with Crippen LogP contribution in [0.5, 0.6) is 0 Å². The first kappa shape index (κ1) is 59.4. The maximum atomic E-state index is 12.7. The fourth-order valence-electron chi connectivity index (χ4n) is 6.50. The number of allylic oxidation sites excluding steroid dienone is 12. The lowest BCUT2D eigenvalue weighted by Crippen LogP contribution is -2.34. The Labute approximate surface area is 378 Å². The molecule has 0 aromatic heterocycles. The molecule has 3 unspecified atom stereocenters.